The fourth-order valence-electron chi connectivity index (χ4n) is 2.03. The molecule has 0 saturated heterocycles. The van der Waals surface area contributed by atoms with Crippen LogP contribution in [0, 0.1) is 11.7 Å². The van der Waals surface area contributed by atoms with Crippen molar-refractivity contribution in [2.45, 2.75) is 53.2 Å². The number of rotatable bonds is 8. The third-order valence-electron chi connectivity index (χ3n) is 3.35. The number of nitrogens with one attached hydrogen (secondary N) is 1. The normalized spacial score (nSPS) is 11.8. The van der Waals surface area contributed by atoms with Crippen LogP contribution in [0.2, 0.25) is 0 Å². The number of hydrogen-bond donors (Lipinski definition) is 1. The van der Waals surface area contributed by atoms with Gasteiger partial charge >= 0.3 is 0 Å². The number of halogens is 1. The van der Waals surface area contributed by atoms with E-state index in [0.29, 0.717) is 18.5 Å². The van der Waals surface area contributed by atoms with Crippen LogP contribution in [-0.4, -0.2) is 24.5 Å². The lowest BCUT2D eigenvalue weighted by atomic mass is 10.1. The van der Waals surface area contributed by atoms with Crippen LogP contribution in [0.1, 0.15) is 45.2 Å². The van der Waals surface area contributed by atoms with Crippen LogP contribution in [0.5, 0.6) is 0 Å². The van der Waals surface area contributed by atoms with Gasteiger partial charge in [0.05, 0.1) is 0 Å². The van der Waals surface area contributed by atoms with Gasteiger partial charge in [-0.2, -0.15) is 0 Å². The van der Waals surface area contributed by atoms with Crippen molar-refractivity contribution in [1.29, 1.82) is 0 Å². The second kappa shape index (κ2) is 8.38. The van der Waals surface area contributed by atoms with E-state index in [-0.39, 0.29) is 5.82 Å². The number of hydrogen-bond acceptors (Lipinski definition) is 2. The summed E-state index contributed by atoms with van der Waals surface area (Å²) in [7, 11) is 2.06. The largest absolute Gasteiger partial charge is 0.310 e. The van der Waals surface area contributed by atoms with E-state index in [2.05, 4.69) is 45.0 Å². The summed E-state index contributed by atoms with van der Waals surface area (Å²) in [5.41, 5.74) is 1.94. The predicted octanol–water partition coefficient (Wildman–Crippen LogP) is 3.80. The van der Waals surface area contributed by atoms with Gasteiger partial charge in [0.15, 0.2) is 0 Å². The van der Waals surface area contributed by atoms with Gasteiger partial charge in [0.2, 0.25) is 0 Å². The van der Waals surface area contributed by atoms with Crippen molar-refractivity contribution in [3.8, 4) is 0 Å². The average molecular weight is 280 g/mol. The Balaban J connectivity index is 2.61. The quantitative estimate of drug-likeness (QED) is 0.779. The van der Waals surface area contributed by atoms with Crippen LogP contribution in [-0.2, 0) is 13.1 Å². The highest BCUT2D eigenvalue weighted by Crippen LogP contribution is 2.14. The molecule has 0 spiro atoms. The van der Waals surface area contributed by atoms with Crippen LogP contribution in [0.4, 0.5) is 4.39 Å². The zero-order valence-corrected chi connectivity index (χ0v) is 13.5. The van der Waals surface area contributed by atoms with Crippen LogP contribution in [0.15, 0.2) is 18.2 Å². The molecule has 2 nitrogen and oxygen atoms in total. The second-order valence-electron chi connectivity index (χ2n) is 6.38. The lowest BCUT2D eigenvalue weighted by Gasteiger charge is -2.19. The Bertz CT molecular complexity index is 402. The molecule has 1 aromatic carbocycles. The molecule has 3 heteroatoms. The van der Waals surface area contributed by atoms with Crippen molar-refractivity contribution in [1.82, 2.24) is 10.2 Å². The lowest BCUT2D eigenvalue weighted by Crippen LogP contribution is -2.23. The minimum atomic E-state index is -0.102. The Morgan fingerprint density at radius 3 is 2.50 bits per heavy atom. The monoisotopic (exact) mass is 280 g/mol. The summed E-state index contributed by atoms with van der Waals surface area (Å²) in [4.78, 5) is 2.19. The molecule has 0 heterocycles. The zero-order chi connectivity index (χ0) is 15.1. The van der Waals surface area contributed by atoms with Crippen molar-refractivity contribution in [3.05, 3.63) is 35.1 Å². The van der Waals surface area contributed by atoms with Gasteiger partial charge < -0.3 is 10.2 Å². The summed E-state index contributed by atoms with van der Waals surface area (Å²) in [6, 6.07) is 5.87. The van der Waals surface area contributed by atoms with Gasteiger partial charge in [-0.25, -0.2) is 4.39 Å². The van der Waals surface area contributed by atoms with Crippen LogP contribution < -0.4 is 5.32 Å². The molecule has 114 valence electrons. The lowest BCUT2D eigenvalue weighted by molar-refractivity contribution is 0.299. The minimum Gasteiger partial charge on any atom is -0.310 e. The zero-order valence-electron chi connectivity index (χ0n) is 13.5. The number of nitrogens with zero attached hydrogens (tertiary/aromatic N) is 1. The van der Waals surface area contributed by atoms with Gasteiger partial charge in [-0.3, -0.25) is 0 Å². The third-order valence-corrected chi connectivity index (χ3v) is 3.35. The molecule has 0 aliphatic carbocycles. The molecule has 1 aromatic rings. The van der Waals surface area contributed by atoms with E-state index in [1.165, 1.54) is 0 Å². The van der Waals surface area contributed by atoms with Gasteiger partial charge in [0.25, 0.3) is 0 Å². The van der Waals surface area contributed by atoms with Gasteiger partial charge in [-0.15, -0.1) is 0 Å². The van der Waals surface area contributed by atoms with Crippen molar-refractivity contribution in [3.63, 3.8) is 0 Å². The van der Waals surface area contributed by atoms with Gasteiger partial charge in [0.1, 0.15) is 5.82 Å². The maximum atomic E-state index is 13.9. The summed E-state index contributed by atoms with van der Waals surface area (Å²) in [6.45, 7) is 11.1. The van der Waals surface area contributed by atoms with Crippen molar-refractivity contribution < 1.29 is 4.39 Å². The van der Waals surface area contributed by atoms with E-state index >= 15 is 0 Å². The Kier molecular flexibility index (Phi) is 7.17. The first kappa shape index (κ1) is 17.1. The van der Waals surface area contributed by atoms with E-state index in [0.717, 1.165) is 30.6 Å². The van der Waals surface area contributed by atoms with Gasteiger partial charge in [-0.05, 0) is 37.6 Å². The fraction of sp³-hybridized carbons (Fsp3) is 0.647. The average Bonchev–Trinajstić information content (AvgIpc) is 2.37. The molecular formula is C17H29FN2. The van der Waals surface area contributed by atoms with Crippen LogP contribution >= 0.6 is 0 Å². The highest BCUT2D eigenvalue weighted by molar-refractivity contribution is 5.25. The second-order valence-corrected chi connectivity index (χ2v) is 6.38. The van der Waals surface area contributed by atoms with Crippen molar-refractivity contribution >= 4 is 0 Å². The molecule has 0 aromatic heterocycles. The molecule has 0 radical (unpaired) electrons. The molecule has 0 unspecified atom stereocenters. The molecule has 1 N–H and O–H groups in total. The first-order valence-corrected chi connectivity index (χ1v) is 7.57. The standard InChI is InChI=1S/C17H29FN2/c1-13(2)8-9-20(5)12-16-10-15(6-7-17(16)18)11-19-14(3)4/h6-7,10,13-14,19H,8-9,11-12H2,1-5H3. The summed E-state index contributed by atoms with van der Waals surface area (Å²) < 4.78 is 13.9. The third kappa shape index (κ3) is 6.49. The van der Waals surface area contributed by atoms with E-state index in [9.17, 15) is 4.39 Å². The SMILES string of the molecule is CC(C)CCN(C)Cc1cc(CNC(C)C)ccc1F. The molecule has 0 aliphatic heterocycles. The van der Waals surface area contributed by atoms with Crippen LogP contribution in [0.25, 0.3) is 0 Å². The first-order valence-electron chi connectivity index (χ1n) is 7.57. The van der Waals surface area contributed by atoms with Gasteiger partial charge in [0, 0.05) is 24.7 Å². The van der Waals surface area contributed by atoms with Gasteiger partial charge in [-0.1, -0.05) is 39.8 Å². The van der Waals surface area contributed by atoms with E-state index in [1.807, 2.05) is 12.1 Å². The summed E-state index contributed by atoms with van der Waals surface area (Å²) in [5, 5.41) is 3.37. The Morgan fingerprint density at radius 2 is 1.90 bits per heavy atom. The predicted molar refractivity (Wildman–Crippen MR) is 84.2 cm³/mol. The fourth-order valence-corrected chi connectivity index (χ4v) is 2.03. The number of benzene rings is 1. The molecule has 20 heavy (non-hydrogen) atoms. The van der Waals surface area contributed by atoms with E-state index < -0.39 is 0 Å². The molecule has 0 bridgehead atoms. The summed E-state index contributed by atoms with van der Waals surface area (Å²) in [6.07, 6.45) is 1.15. The molecule has 0 aliphatic rings. The molecule has 1 rings (SSSR count). The van der Waals surface area contributed by atoms with E-state index in [1.54, 1.807) is 6.07 Å². The van der Waals surface area contributed by atoms with Crippen molar-refractivity contribution in [2.75, 3.05) is 13.6 Å². The minimum absolute atomic E-state index is 0.102. The molecule has 0 amide bonds. The van der Waals surface area contributed by atoms with E-state index in [4.69, 9.17) is 0 Å². The summed E-state index contributed by atoms with van der Waals surface area (Å²) in [5.74, 6) is 0.582. The Labute approximate surface area is 123 Å². The Morgan fingerprint density at radius 1 is 1.20 bits per heavy atom. The maximum absolute atomic E-state index is 13.9. The highest BCUT2D eigenvalue weighted by Gasteiger charge is 2.08. The molecule has 0 atom stereocenters. The molecule has 0 fully saturated rings. The molecular weight excluding hydrogens is 251 g/mol. The summed E-state index contributed by atoms with van der Waals surface area (Å²) >= 11 is 0. The Hall–Kier alpha value is -0.930. The van der Waals surface area contributed by atoms with Crippen molar-refractivity contribution in [2.24, 2.45) is 5.92 Å². The molecule has 0 saturated carbocycles. The topological polar surface area (TPSA) is 15.3 Å². The maximum Gasteiger partial charge on any atom is 0.127 e. The smallest absolute Gasteiger partial charge is 0.127 e. The first-order chi connectivity index (χ1) is 9.38. The van der Waals surface area contributed by atoms with Crippen LogP contribution in [0.3, 0.4) is 0 Å². The highest BCUT2D eigenvalue weighted by atomic mass is 19.1.